The van der Waals surface area contributed by atoms with Gasteiger partial charge in [-0.25, -0.2) is 9.97 Å². The highest BCUT2D eigenvalue weighted by Gasteiger charge is 2.11. The van der Waals surface area contributed by atoms with Gasteiger partial charge in [0, 0.05) is 11.9 Å². The number of fused-ring (bicyclic) bond motifs is 1. The van der Waals surface area contributed by atoms with Crippen molar-refractivity contribution in [2.24, 2.45) is 0 Å². The Labute approximate surface area is 122 Å². The van der Waals surface area contributed by atoms with Gasteiger partial charge in [-0.05, 0) is 24.1 Å². The van der Waals surface area contributed by atoms with Crippen molar-refractivity contribution in [1.82, 2.24) is 15.3 Å². The molecule has 0 saturated carbocycles. The summed E-state index contributed by atoms with van der Waals surface area (Å²) < 4.78 is 0. The molecule has 1 aromatic heterocycles. The fourth-order valence-electron chi connectivity index (χ4n) is 2.25. The quantitative estimate of drug-likeness (QED) is 0.801. The summed E-state index contributed by atoms with van der Waals surface area (Å²) in [5.41, 5.74) is 3.44. The third-order valence-electron chi connectivity index (χ3n) is 3.46. The van der Waals surface area contributed by atoms with Gasteiger partial charge in [0.05, 0.1) is 5.52 Å². The molecular weight excluding hydrogens is 262 g/mol. The lowest BCUT2D eigenvalue weighted by Gasteiger charge is -2.08. The van der Waals surface area contributed by atoms with E-state index in [1.807, 2.05) is 55.5 Å². The fraction of sp³-hybridized carbons (Fsp3) is 0.118. The molecule has 3 aromatic rings. The van der Waals surface area contributed by atoms with E-state index in [-0.39, 0.29) is 5.91 Å². The van der Waals surface area contributed by atoms with Gasteiger partial charge in [0.25, 0.3) is 5.91 Å². The number of nitrogens with one attached hydrogen (secondary N) is 1. The molecule has 4 heteroatoms. The third-order valence-corrected chi connectivity index (χ3v) is 3.46. The Bertz CT molecular complexity index is 793. The molecule has 0 aliphatic heterocycles. The minimum Gasteiger partial charge on any atom is -0.347 e. The molecule has 2 aromatic carbocycles. The molecule has 0 radical (unpaired) electrons. The molecule has 0 saturated heterocycles. The molecule has 0 fully saturated rings. The van der Waals surface area contributed by atoms with Crippen molar-refractivity contribution >= 4 is 16.8 Å². The van der Waals surface area contributed by atoms with Crippen LogP contribution in [0.15, 0.2) is 54.9 Å². The number of aromatic nitrogens is 2. The third kappa shape index (κ3) is 2.74. The first-order chi connectivity index (χ1) is 10.3. The Hall–Kier alpha value is -2.75. The van der Waals surface area contributed by atoms with Crippen LogP contribution in [-0.2, 0) is 6.54 Å². The summed E-state index contributed by atoms with van der Waals surface area (Å²) in [6, 6.07) is 15.5. The number of para-hydroxylation sites is 1. The predicted molar refractivity (Wildman–Crippen MR) is 81.9 cm³/mol. The minimum absolute atomic E-state index is 0.183. The molecule has 0 atom stereocenters. The number of hydrogen-bond donors (Lipinski definition) is 1. The van der Waals surface area contributed by atoms with Gasteiger partial charge in [0.15, 0.2) is 0 Å². The Morgan fingerprint density at radius 1 is 1.05 bits per heavy atom. The average Bonchev–Trinajstić information content (AvgIpc) is 2.53. The lowest BCUT2D eigenvalue weighted by Crippen LogP contribution is -2.24. The number of nitrogens with zero attached hydrogens (tertiary/aromatic N) is 2. The molecule has 1 heterocycles. The molecule has 0 unspecified atom stereocenters. The monoisotopic (exact) mass is 277 g/mol. The van der Waals surface area contributed by atoms with Crippen LogP contribution in [-0.4, -0.2) is 15.9 Å². The van der Waals surface area contributed by atoms with Crippen LogP contribution >= 0.6 is 0 Å². The van der Waals surface area contributed by atoms with Gasteiger partial charge in [-0.2, -0.15) is 0 Å². The summed E-state index contributed by atoms with van der Waals surface area (Å²) in [7, 11) is 0. The normalized spacial score (nSPS) is 10.5. The fourth-order valence-corrected chi connectivity index (χ4v) is 2.25. The Morgan fingerprint density at radius 2 is 1.81 bits per heavy atom. The number of aryl methyl sites for hydroxylation is 1. The van der Waals surface area contributed by atoms with Crippen LogP contribution in [0.3, 0.4) is 0 Å². The van der Waals surface area contributed by atoms with E-state index >= 15 is 0 Å². The van der Waals surface area contributed by atoms with Crippen molar-refractivity contribution in [1.29, 1.82) is 0 Å². The van der Waals surface area contributed by atoms with E-state index in [9.17, 15) is 4.79 Å². The highest BCUT2D eigenvalue weighted by molar-refractivity contribution is 6.04. The summed E-state index contributed by atoms with van der Waals surface area (Å²) in [5, 5.41) is 3.69. The molecular formula is C17H15N3O. The zero-order valence-corrected chi connectivity index (χ0v) is 11.7. The number of carbonyl (C=O) groups excluding carboxylic acids is 1. The van der Waals surface area contributed by atoms with Crippen LogP contribution in [0.25, 0.3) is 10.9 Å². The van der Waals surface area contributed by atoms with Gasteiger partial charge in [-0.15, -0.1) is 0 Å². The lowest BCUT2D eigenvalue weighted by molar-refractivity contribution is 0.0947. The summed E-state index contributed by atoms with van der Waals surface area (Å²) in [4.78, 5) is 20.6. The van der Waals surface area contributed by atoms with Crippen LogP contribution in [0, 0.1) is 6.92 Å². The zero-order chi connectivity index (χ0) is 14.7. The highest BCUT2D eigenvalue weighted by Crippen LogP contribution is 2.14. The van der Waals surface area contributed by atoms with E-state index in [0.29, 0.717) is 12.2 Å². The maximum Gasteiger partial charge on any atom is 0.270 e. The van der Waals surface area contributed by atoms with E-state index in [1.165, 1.54) is 6.33 Å². The second kappa shape index (κ2) is 5.71. The van der Waals surface area contributed by atoms with Gasteiger partial charge >= 0.3 is 0 Å². The van der Waals surface area contributed by atoms with E-state index in [2.05, 4.69) is 15.3 Å². The van der Waals surface area contributed by atoms with Gasteiger partial charge in [-0.1, -0.05) is 42.5 Å². The van der Waals surface area contributed by atoms with E-state index < -0.39 is 0 Å². The summed E-state index contributed by atoms with van der Waals surface area (Å²) >= 11 is 0. The Kier molecular flexibility index (Phi) is 3.60. The number of amides is 1. The minimum atomic E-state index is -0.183. The van der Waals surface area contributed by atoms with E-state index in [0.717, 1.165) is 22.0 Å². The molecule has 21 heavy (non-hydrogen) atoms. The van der Waals surface area contributed by atoms with Gasteiger partial charge in [0.1, 0.15) is 12.0 Å². The van der Waals surface area contributed by atoms with Crippen molar-refractivity contribution in [3.8, 4) is 0 Å². The molecule has 0 bridgehead atoms. The first-order valence-electron chi connectivity index (χ1n) is 6.78. The van der Waals surface area contributed by atoms with E-state index in [1.54, 1.807) is 0 Å². The molecule has 4 nitrogen and oxygen atoms in total. The summed E-state index contributed by atoms with van der Waals surface area (Å²) in [5.74, 6) is -0.183. The van der Waals surface area contributed by atoms with Crippen LogP contribution < -0.4 is 5.32 Å². The molecule has 0 aliphatic carbocycles. The molecule has 104 valence electrons. The van der Waals surface area contributed by atoms with Crippen LogP contribution in [0.4, 0.5) is 0 Å². The van der Waals surface area contributed by atoms with Crippen molar-refractivity contribution in [2.45, 2.75) is 13.5 Å². The smallest absolute Gasteiger partial charge is 0.270 e. The van der Waals surface area contributed by atoms with Crippen molar-refractivity contribution in [2.75, 3.05) is 0 Å². The van der Waals surface area contributed by atoms with Crippen molar-refractivity contribution < 1.29 is 4.79 Å². The van der Waals surface area contributed by atoms with Crippen molar-refractivity contribution in [3.63, 3.8) is 0 Å². The topological polar surface area (TPSA) is 54.9 Å². The van der Waals surface area contributed by atoms with Gasteiger partial charge in [-0.3, -0.25) is 4.79 Å². The van der Waals surface area contributed by atoms with Crippen molar-refractivity contribution in [3.05, 3.63) is 71.7 Å². The molecule has 0 spiro atoms. The number of rotatable bonds is 3. The Morgan fingerprint density at radius 3 is 2.67 bits per heavy atom. The van der Waals surface area contributed by atoms with Crippen LogP contribution in [0.2, 0.25) is 0 Å². The maximum absolute atomic E-state index is 12.3. The van der Waals surface area contributed by atoms with Gasteiger partial charge in [0.2, 0.25) is 0 Å². The van der Waals surface area contributed by atoms with Crippen LogP contribution in [0.5, 0.6) is 0 Å². The number of hydrogen-bond acceptors (Lipinski definition) is 3. The molecule has 3 rings (SSSR count). The highest BCUT2D eigenvalue weighted by atomic mass is 16.1. The maximum atomic E-state index is 12.3. The standard InChI is InChI=1S/C17H15N3O/c1-12-6-2-3-7-13(12)10-18-17(21)16-14-8-4-5-9-15(14)19-11-20-16/h2-9,11H,10H2,1H3,(H,18,21). The van der Waals surface area contributed by atoms with Crippen LogP contribution in [0.1, 0.15) is 21.6 Å². The summed E-state index contributed by atoms with van der Waals surface area (Å²) in [6.45, 7) is 2.52. The predicted octanol–water partition coefficient (Wildman–Crippen LogP) is 2.87. The SMILES string of the molecule is Cc1ccccc1CNC(=O)c1ncnc2ccccc12. The largest absolute Gasteiger partial charge is 0.347 e. The second-order valence-corrected chi connectivity index (χ2v) is 4.85. The Balaban J connectivity index is 1.83. The second-order valence-electron chi connectivity index (χ2n) is 4.85. The zero-order valence-electron chi connectivity index (χ0n) is 11.7. The molecule has 0 aliphatic rings. The summed E-state index contributed by atoms with van der Waals surface area (Å²) in [6.07, 6.45) is 1.42. The first-order valence-corrected chi connectivity index (χ1v) is 6.78. The first kappa shape index (κ1) is 13.2. The number of carbonyl (C=O) groups is 1. The lowest BCUT2D eigenvalue weighted by atomic mass is 10.1. The number of benzene rings is 2. The van der Waals surface area contributed by atoms with Gasteiger partial charge < -0.3 is 5.32 Å². The van der Waals surface area contributed by atoms with E-state index in [4.69, 9.17) is 0 Å². The molecule has 1 amide bonds. The average molecular weight is 277 g/mol. The molecule has 1 N–H and O–H groups in total.